The van der Waals surface area contributed by atoms with E-state index < -0.39 is 0 Å². The minimum Gasteiger partial charge on any atom is -0.337 e. The zero-order chi connectivity index (χ0) is 16.7. The summed E-state index contributed by atoms with van der Waals surface area (Å²) >= 11 is 2.51. The molecule has 2 amide bonds. The van der Waals surface area contributed by atoms with Crippen LogP contribution in [0.3, 0.4) is 0 Å². The minimum atomic E-state index is -0.247. The number of amides is 2. The van der Waals surface area contributed by atoms with Gasteiger partial charge in [-0.05, 0) is 43.1 Å². The van der Waals surface area contributed by atoms with Crippen LogP contribution < -0.4 is 10.6 Å². The summed E-state index contributed by atoms with van der Waals surface area (Å²) in [5, 5.41) is 16.9. The molecule has 0 saturated carbocycles. The first-order valence-electron chi connectivity index (χ1n) is 7.40. The van der Waals surface area contributed by atoms with Gasteiger partial charge < -0.3 is 10.2 Å². The molecule has 0 saturated heterocycles. The zero-order valence-electron chi connectivity index (χ0n) is 13.1. The molecule has 0 fully saturated rings. The van der Waals surface area contributed by atoms with Crippen LogP contribution in [-0.4, -0.2) is 42.1 Å². The molecule has 0 bridgehead atoms. The number of anilines is 1. The largest absolute Gasteiger partial charge is 0.337 e. The van der Waals surface area contributed by atoms with Crippen LogP contribution in [0.25, 0.3) is 10.2 Å². The van der Waals surface area contributed by atoms with Crippen LogP contribution in [0, 0.1) is 10.7 Å². The molecule has 2 aromatic rings. The van der Waals surface area contributed by atoms with E-state index in [0.717, 1.165) is 46.5 Å². The molecule has 2 N–H and O–H groups in total. The third kappa shape index (κ3) is 5.10. The fraction of sp³-hybridized carbons (Fsp3) is 0.400. The molecule has 1 heterocycles. The number of nitrogens with zero attached hydrogens (tertiary/aromatic N) is 3. The molecular weight excluding hydrogens is 330 g/mol. The van der Waals surface area contributed by atoms with Gasteiger partial charge in [0, 0.05) is 18.0 Å². The number of carbonyl (C=O) groups excluding carboxylic acids is 1. The Morgan fingerprint density at radius 3 is 2.91 bits per heavy atom. The van der Waals surface area contributed by atoms with Gasteiger partial charge in [0.15, 0.2) is 5.13 Å². The zero-order valence-corrected chi connectivity index (χ0v) is 14.8. The second kappa shape index (κ2) is 8.72. The highest BCUT2D eigenvalue weighted by Gasteiger charge is 2.08. The number of carbonyl (C=O) groups is 1. The summed E-state index contributed by atoms with van der Waals surface area (Å²) in [5.74, 6) is 0. The maximum Gasteiger partial charge on any atom is 0.321 e. The van der Waals surface area contributed by atoms with Gasteiger partial charge in [0.05, 0.1) is 10.2 Å². The first-order chi connectivity index (χ1) is 11.2. The van der Waals surface area contributed by atoms with Crippen LogP contribution in [0.4, 0.5) is 9.93 Å². The lowest BCUT2D eigenvalue weighted by Crippen LogP contribution is -2.36. The maximum atomic E-state index is 11.9. The summed E-state index contributed by atoms with van der Waals surface area (Å²) in [6, 6.07) is 5.37. The van der Waals surface area contributed by atoms with Crippen molar-refractivity contribution in [1.82, 2.24) is 15.2 Å². The van der Waals surface area contributed by atoms with E-state index in [9.17, 15) is 4.79 Å². The fourth-order valence-corrected chi connectivity index (χ4v) is 3.48. The van der Waals surface area contributed by atoms with Gasteiger partial charge in [-0.2, -0.15) is 5.26 Å². The van der Waals surface area contributed by atoms with E-state index in [1.165, 1.54) is 11.3 Å². The molecule has 122 valence electrons. The van der Waals surface area contributed by atoms with E-state index in [-0.39, 0.29) is 6.03 Å². The number of urea groups is 1. The second-order valence-corrected chi connectivity index (χ2v) is 6.64. The monoisotopic (exact) mass is 349 g/mol. The van der Waals surface area contributed by atoms with Crippen molar-refractivity contribution in [1.29, 1.82) is 5.26 Å². The average molecular weight is 349 g/mol. The predicted octanol–water partition coefficient (Wildman–Crippen LogP) is 3.33. The number of thiocyanates is 1. The summed E-state index contributed by atoms with van der Waals surface area (Å²) in [7, 11) is 0. The molecule has 8 heteroatoms. The molecule has 1 aromatic heterocycles. The number of thiazole rings is 1. The maximum absolute atomic E-state index is 11.9. The molecule has 2 rings (SSSR count). The molecular formula is C15H19N5OS2. The first kappa shape index (κ1) is 17.5. The predicted molar refractivity (Wildman–Crippen MR) is 95.9 cm³/mol. The van der Waals surface area contributed by atoms with E-state index in [0.29, 0.717) is 11.7 Å². The van der Waals surface area contributed by atoms with E-state index in [2.05, 4.69) is 34.4 Å². The van der Waals surface area contributed by atoms with Gasteiger partial charge in [-0.25, -0.2) is 9.78 Å². The van der Waals surface area contributed by atoms with Crippen molar-refractivity contribution >= 4 is 44.5 Å². The number of aromatic nitrogens is 1. The van der Waals surface area contributed by atoms with Gasteiger partial charge in [0.2, 0.25) is 0 Å². The lowest BCUT2D eigenvalue weighted by molar-refractivity contribution is 0.248. The Morgan fingerprint density at radius 1 is 1.43 bits per heavy atom. The van der Waals surface area contributed by atoms with Crippen molar-refractivity contribution in [2.75, 3.05) is 31.5 Å². The van der Waals surface area contributed by atoms with Gasteiger partial charge in [0.1, 0.15) is 5.40 Å². The van der Waals surface area contributed by atoms with Crippen LogP contribution in [-0.2, 0) is 0 Å². The highest BCUT2D eigenvalue weighted by molar-refractivity contribution is 8.03. The number of benzene rings is 1. The average Bonchev–Trinajstić information content (AvgIpc) is 2.93. The molecule has 0 atom stereocenters. The molecule has 0 radical (unpaired) electrons. The van der Waals surface area contributed by atoms with Crippen LogP contribution in [0.2, 0.25) is 0 Å². The summed E-state index contributed by atoms with van der Waals surface area (Å²) in [6.07, 6.45) is 0. The number of nitrogens with one attached hydrogen (secondary N) is 2. The Bertz CT molecular complexity index is 705. The molecule has 6 nitrogen and oxygen atoms in total. The third-order valence-corrected chi connectivity index (χ3v) is 4.87. The summed E-state index contributed by atoms with van der Waals surface area (Å²) in [4.78, 5) is 19.4. The number of hydrogen-bond acceptors (Lipinski definition) is 6. The normalized spacial score (nSPS) is 10.7. The SMILES string of the molecule is CCN(CC)CCNC(=O)Nc1nc2ccc(SC#N)cc2s1. The number of nitriles is 1. The van der Waals surface area contributed by atoms with Gasteiger partial charge in [-0.1, -0.05) is 25.2 Å². The van der Waals surface area contributed by atoms with E-state index in [4.69, 9.17) is 5.26 Å². The first-order valence-corrected chi connectivity index (χ1v) is 9.03. The van der Waals surface area contributed by atoms with Crippen molar-refractivity contribution in [3.63, 3.8) is 0 Å². The van der Waals surface area contributed by atoms with Gasteiger partial charge in [-0.15, -0.1) is 0 Å². The molecule has 0 aliphatic carbocycles. The molecule has 0 aliphatic heterocycles. The standard InChI is InChI=1S/C15H19N5OS2/c1-3-20(4-2)8-7-17-14(21)19-15-18-12-6-5-11(22-10-16)9-13(12)23-15/h5-6,9H,3-4,7-8H2,1-2H3,(H2,17,18,19,21). The van der Waals surface area contributed by atoms with Gasteiger partial charge in [-0.3, -0.25) is 5.32 Å². The molecule has 1 aromatic carbocycles. The van der Waals surface area contributed by atoms with Crippen LogP contribution in [0.1, 0.15) is 13.8 Å². The Hall–Kier alpha value is -1.82. The smallest absolute Gasteiger partial charge is 0.321 e. The minimum absolute atomic E-state index is 0.247. The Morgan fingerprint density at radius 2 is 2.22 bits per heavy atom. The third-order valence-electron chi connectivity index (χ3n) is 3.35. The van der Waals surface area contributed by atoms with Gasteiger partial charge in [0.25, 0.3) is 0 Å². The number of fused-ring (bicyclic) bond motifs is 1. The van der Waals surface area contributed by atoms with Crippen LogP contribution in [0.15, 0.2) is 23.1 Å². The van der Waals surface area contributed by atoms with Crippen LogP contribution >= 0.6 is 23.1 Å². The van der Waals surface area contributed by atoms with E-state index in [1.54, 1.807) is 0 Å². The quantitative estimate of drug-likeness (QED) is 0.592. The van der Waals surface area contributed by atoms with Gasteiger partial charge >= 0.3 is 6.03 Å². The topological polar surface area (TPSA) is 81.1 Å². The molecule has 0 spiro atoms. The molecule has 23 heavy (non-hydrogen) atoms. The second-order valence-electron chi connectivity index (χ2n) is 4.75. The Labute approximate surface area is 143 Å². The fourth-order valence-electron chi connectivity index (χ4n) is 2.08. The van der Waals surface area contributed by atoms with Crippen molar-refractivity contribution in [3.8, 4) is 5.40 Å². The van der Waals surface area contributed by atoms with E-state index in [1.807, 2.05) is 23.6 Å². The summed E-state index contributed by atoms with van der Waals surface area (Å²) < 4.78 is 0.948. The number of likely N-dealkylation sites (N-methyl/N-ethyl adjacent to an activating group) is 1. The number of rotatable bonds is 7. The van der Waals surface area contributed by atoms with Crippen molar-refractivity contribution in [2.45, 2.75) is 18.7 Å². The molecule has 0 unspecified atom stereocenters. The number of thioether (sulfide) groups is 1. The Kier molecular flexibility index (Phi) is 6.65. The van der Waals surface area contributed by atoms with Crippen LogP contribution in [0.5, 0.6) is 0 Å². The lowest BCUT2D eigenvalue weighted by atomic mass is 10.3. The summed E-state index contributed by atoms with van der Waals surface area (Å²) in [5.41, 5.74) is 0.815. The van der Waals surface area contributed by atoms with E-state index >= 15 is 0 Å². The van der Waals surface area contributed by atoms with Crippen molar-refractivity contribution in [3.05, 3.63) is 18.2 Å². The molecule has 0 aliphatic rings. The lowest BCUT2D eigenvalue weighted by Gasteiger charge is -2.17. The van der Waals surface area contributed by atoms with Crippen molar-refractivity contribution in [2.24, 2.45) is 0 Å². The number of hydrogen-bond donors (Lipinski definition) is 2. The highest BCUT2D eigenvalue weighted by Crippen LogP contribution is 2.29. The highest BCUT2D eigenvalue weighted by atomic mass is 32.2. The Balaban J connectivity index is 1.91. The van der Waals surface area contributed by atoms with Crippen molar-refractivity contribution < 1.29 is 4.79 Å². The summed E-state index contributed by atoms with van der Waals surface area (Å²) in [6.45, 7) is 7.57.